The maximum Gasteiger partial charge on any atom is 0.235 e. The van der Waals surface area contributed by atoms with Gasteiger partial charge in [0.25, 0.3) is 0 Å². The molecule has 4 rings (SSSR count). The molecule has 1 aliphatic rings. The van der Waals surface area contributed by atoms with Gasteiger partial charge in [0.2, 0.25) is 23.9 Å². The number of fused-ring (bicyclic) bond motifs is 2. The number of rotatable bonds is 8. The summed E-state index contributed by atoms with van der Waals surface area (Å²) >= 11 is 0. The summed E-state index contributed by atoms with van der Waals surface area (Å²) in [6.07, 6.45) is 6.04. The monoisotopic (exact) mass is 485 g/mol. The van der Waals surface area contributed by atoms with Crippen molar-refractivity contribution in [2.24, 2.45) is 15.7 Å². The van der Waals surface area contributed by atoms with E-state index in [1.165, 1.54) is 0 Å². The Kier molecular flexibility index (Phi) is 7.41. The van der Waals surface area contributed by atoms with Crippen LogP contribution >= 0.6 is 0 Å². The summed E-state index contributed by atoms with van der Waals surface area (Å²) in [6, 6.07) is 11.6. The maximum atomic E-state index is 10.9. The Balaban J connectivity index is 2.03. The standard InChI is InChI=1S/C28H31N5O3/c1-5-26-32-33-27(36-26)28(14-17(2)29)24-10-8-20(18(3)30-15-34)12-22(24)6-7-23-13-21(9-11-25(23)28)19(4)31-16-35/h8-13,17-19H,5-7,14,29H2,1-4H3/t17-,18?,19?,28?/m0/s1. The van der Waals surface area contributed by atoms with Crippen molar-refractivity contribution in [2.75, 3.05) is 0 Å². The van der Waals surface area contributed by atoms with E-state index in [4.69, 9.17) is 10.2 Å². The highest BCUT2D eigenvalue weighted by molar-refractivity contribution is 5.56. The van der Waals surface area contributed by atoms with Gasteiger partial charge in [-0.1, -0.05) is 43.3 Å². The number of carbonyl (C=O) groups excluding carboxylic acids is 2. The third-order valence-electron chi connectivity index (χ3n) is 7.06. The van der Waals surface area contributed by atoms with Crippen LogP contribution in [0.2, 0.25) is 0 Å². The SMILES string of the molecule is CCc1nnc(C2(C[C@H](C)N)c3ccc(C(C)N=C=O)cc3CCc3cc(C(C)N=C=O)ccc32)o1. The molecule has 36 heavy (non-hydrogen) atoms. The number of aromatic nitrogens is 2. The van der Waals surface area contributed by atoms with Crippen LogP contribution in [0.3, 0.4) is 0 Å². The van der Waals surface area contributed by atoms with Gasteiger partial charge in [0.05, 0.1) is 12.1 Å². The third kappa shape index (κ3) is 4.59. The second-order valence-corrected chi connectivity index (χ2v) is 9.57. The van der Waals surface area contributed by atoms with Crippen molar-refractivity contribution in [1.29, 1.82) is 0 Å². The number of nitrogens with zero attached hydrogens (tertiary/aromatic N) is 4. The van der Waals surface area contributed by atoms with Crippen molar-refractivity contribution in [1.82, 2.24) is 10.2 Å². The zero-order valence-corrected chi connectivity index (χ0v) is 21.1. The number of aliphatic imine (C=N–C) groups is 2. The second-order valence-electron chi connectivity index (χ2n) is 9.57. The molecule has 0 radical (unpaired) electrons. The van der Waals surface area contributed by atoms with Crippen molar-refractivity contribution < 1.29 is 14.0 Å². The lowest BCUT2D eigenvalue weighted by molar-refractivity contribution is 0.361. The highest BCUT2D eigenvalue weighted by Gasteiger charge is 2.46. The van der Waals surface area contributed by atoms with Crippen molar-refractivity contribution >= 4 is 12.2 Å². The second kappa shape index (κ2) is 10.5. The molecular formula is C28H31N5O3. The molecule has 0 amide bonds. The summed E-state index contributed by atoms with van der Waals surface area (Å²) in [6.45, 7) is 7.71. The molecule has 3 atom stereocenters. The fourth-order valence-electron chi connectivity index (χ4n) is 5.30. The normalized spacial score (nSPS) is 19.0. The van der Waals surface area contributed by atoms with Crippen molar-refractivity contribution in [3.63, 3.8) is 0 Å². The van der Waals surface area contributed by atoms with E-state index in [2.05, 4.69) is 44.4 Å². The van der Waals surface area contributed by atoms with Gasteiger partial charge in [-0.15, -0.1) is 10.2 Å². The Labute approximate surface area is 210 Å². The molecule has 0 fully saturated rings. The van der Waals surface area contributed by atoms with Gasteiger partial charge in [0.1, 0.15) is 5.41 Å². The van der Waals surface area contributed by atoms with Gasteiger partial charge in [-0.05, 0) is 73.4 Å². The third-order valence-corrected chi connectivity index (χ3v) is 7.06. The Morgan fingerprint density at radius 2 is 1.47 bits per heavy atom. The van der Waals surface area contributed by atoms with Gasteiger partial charge in [-0.25, -0.2) is 9.59 Å². The average molecular weight is 486 g/mol. The van der Waals surface area contributed by atoms with E-state index in [9.17, 15) is 9.59 Å². The van der Waals surface area contributed by atoms with Crippen molar-refractivity contribution in [3.8, 4) is 0 Å². The molecule has 8 nitrogen and oxygen atoms in total. The molecule has 8 heteroatoms. The predicted octanol–water partition coefficient (Wildman–Crippen LogP) is 4.60. The van der Waals surface area contributed by atoms with E-state index >= 15 is 0 Å². The Morgan fingerprint density at radius 1 is 0.944 bits per heavy atom. The molecule has 2 N–H and O–H groups in total. The molecule has 186 valence electrons. The minimum atomic E-state index is -0.763. The Morgan fingerprint density at radius 3 is 1.89 bits per heavy atom. The quantitative estimate of drug-likeness (QED) is 0.367. The average Bonchev–Trinajstić information content (AvgIpc) is 3.31. The van der Waals surface area contributed by atoms with E-state index in [1.807, 2.05) is 39.8 Å². The van der Waals surface area contributed by atoms with Crippen LogP contribution in [0.5, 0.6) is 0 Å². The Hall–Kier alpha value is -3.70. The lowest BCUT2D eigenvalue weighted by atomic mass is 9.68. The van der Waals surface area contributed by atoms with Gasteiger partial charge in [-0.2, -0.15) is 9.98 Å². The van der Waals surface area contributed by atoms with Crippen LogP contribution < -0.4 is 5.73 Å². The van der Waals surface area contributed by atoms with E-state index in [0.717, 1.165) is 46.2 Å². The number of nitrogens with two attached hydrogens (primary N) is 1. The molecule has 0 saturated heterocycles. The molecule has 0 saturated carbocycles. The first kappa shape index (κ1) is 25.4. The molecular weight excluding hydrogens is 454 g/mol. The van der Waals surface area contributed by atoms with Gasteiger partial charge in [0, 0.05) is 12.5 Å². The number of benzene rings is 2. The van der Waals surface area contributed by atoms with Gasteiger partial charge < -0.3 is 10.2 Å². The summed E-state index contributed by atoms with van der Waals surface area (Å²) in [5.41, 5.74) is 11.9. The molecule has 3 aromatic rings. The van der Waals surface area contributed by atoms with Crippen LogP contribution in [0.15, 0.2) is 50.8 Å². The molecule has 1 heterocycles. The zero-order valence-electron chi connectivity index (χ0n) is 21.1. The number of hydrogen-bond donors (Lipinski definition) is 1. The topological polar surface area (TPSA) is 124 Å². The number of hydrogen-bond acceptors (Lipinski definition) is 8. The summed E-state index contributed by atoms with van der Waals surface area (Å²) < 4.78 is 6.26. The van der Waals surface area contributed by atoms with E-state index in [1.54, 1.807) is 12.2 Å². The lowest BCUT2D eigenvalue weighted by Gasteiger charge is -2.35. The summed E-state index contributed by atoms with van der Waals surface area (Å²) in [7, 11) is 0. The number of isocyanates is 2. The van der Waals surface area contributed by atoms with Crippen LogP contribution in [-0.2, 0) is 34.3 Å². The molecule has 1 aliphatic carbocycles. The smallest absolute Gasteiger partial charge is 0.235 e. The fourth-order valence-corrected chi connectivity index (χ4v) is 5.30. The van der Waals surface area contributed by atoms with Crippen molar-refractivity contribution in [3.05, 3.63) is 81.6 Å². The predicted molar refractivity (Wildman–Crippen MR) is 135 cm³/mol. The van der Waals surface area contributed by atoms with Gasteiger partial charge in [0.15, 0.2) is 0 Å². The maximum absolute atomic E-state index is 10.9. The first-order valence-electron chi connectivity index (χ1n) is 12.3. The van der Waals surface area contributed by atoms with Crippen LogP contribution in [0, 0.1) is 0 Å². The van der Waals surface area contributed by atoms with Gasteiger partial charge in [-0.3, -0.25) is 0 Å². The zero-order chi connectivity index (χ0) is 25.9. The summed E-state index contributed by atoms with van der Waals surface area (Å²) in [5, 5.41) is 8.84. The highest BCUT2D eigenvalue weighted by atomic mass is 16.4. The summed E-state index contributed by atoms with van der Waals surface area (Å²) in [4.78, 5) is 29.6. The molecule has 0 aliphatic heterocycles. The minimum absolute atomic E-state index is 0.169. The van der Waals surface area contributed by atoms with E-state index in [-0.39, 0.29) is 18.1 Å². The molecule has 2 unspecified atom stereocenters. The largest absolute Gasteiger partial charge is 0.424 e. The van der Waals surface area contributed by atoms with Crippen LogP contribution in [0.1, 0.15) is 91.4 Å². The minimum Gasteiger partial charge on any atom is -0.424 e. The van der Waals surface area contributed by atoms with Crippen LogP contribution in [0.4, 0.5) is 0 Å². The summed E-state index contributed by atoms with van der Waals surface area (Å²) in [5.74, 6) is 1.08. The fraction of sp³-hybridized carbons (Fsp3) is 0.429. The first-order valence-corrected chi connectivity index (χ1v) is 12.3. The van der Waals surface area contributed by atoms with Crippen LogP contribution in [-0.4, -0.2) is 28.4 Å². The molecule has 0 spiro atoms. The van der Waals surface area contributed by atoms with Gasteiger partial charge >= 0.3 is 0 Å². The molecule has 0 bridgehead atoms. The van der Waals surface area contributed by atoms with E-state index < -0.39 is 5.41 Å². The first-order chi connectivity index (χ1) is 17.3. The Bertz CT molecular complexity index is 1270. The molecule has 1 aromatic heterocycles. The molecule has 2 aromatic carbocycles. The highest BCUT2D eigenvalue weighted by Crippen LogP contribution is 2.48. The van der Waals surface area contributed by atoms with Crippen LogP contribution in [0.25, 0.3) is 0 Å². The lowest BCUT2D eigenvalue weighted by Crippen LogP contribution is -2.37. The van der Waals surface area contributed by atoms with E-state index in [0.29, 0.717) is 24.6 Å². The number of aryl methyl sites for hydroxylation is 3. The van der Waals surface area contributed by atoms with Crippen molar-refractivity contribution in [2.45, 2.75) is 76.9 Å².